The predicted molar refractivity (Wildman–Crippen MR) is 88.0 cm³/mol. The van der Waals surface area contributed by atoms with E-state index in [0.29, 0.717) is 18.7 Å². The van der Waals surface area contributed by atoms with E-state index in [1.54, 1.807) is 12.1 Å². The van der Waals surface area contributed by atoms with E-state index >= 15 is 0 Å². The maximum atomic E-state index is 12.8. The minimum atomic E-state index is -0.243. The highest BCUT2D eigenvalue weighted by atomic mass is 79.9. The number of carbonyl (C=O) groups is 1. The molecule has 0 heterocycles. The molecule has 0 aliphatic rings. The Balaban J connectivity index is 1.70. The van der Waals surface area contributed by atoms with Gasteiger partial charge in [-0.2, -0.15) is 0 Å². The first-order valence-electron chi connectivity index (χ1n) is 6.53. The van der Waals surface area contributed by atoms with Crippen molar-refractivity contribution >= 4 is 33.6 Å². The second-order valence-corrected chi connectivity index (χ2v) is 6.32. The van der Waals surface area contributed by atoms with Gasteiger partial charge in [-0.1, -0.05) is 24.3 Å². The molecule has 110 valence electrons. The van der Waals surface area contributed by atoms with E-state index in [2.05, 4.69) is 21.2 Å². The van der Waals surface area contributed by atoms with Gasteiger partial charge in [0.2, 0.25) is 5.91 Å². The second-order valence-electron chi connectivity index (χ2n) is 4.45. The molecule has 1 amide bonds. The predicted octanol–water partition coefficient (Wildman–Crippen LogP) is 4.04. The average molecular weight is 368 g/mol. The van der Waals surface area contributed by atoms with E-state index in [-0.39, 0.29) is 11.7 Å². The highest BCUT2D eigenvalue weighted by Crippen LogP contribution is 2.26. The fourth-order valence-electron chi connectivity index (χ4n) is 1.75. The van der Waals surface area contributed by atoms with Crippen molar-refractivity contribution in [1.29, 1.82) is 0 Å². The summed E-state index contributed by atoms with van der Waals surface area (Å²) in [5, 5.41) is 2.87. The van der Waals surface area contributed by atoms with Gasteiger partial charge in [0.1, 0.15) is 5.82 Å². The van der Waals surface area contributed by atoms with E-state index < -0.39 is 0 Å². The van der Waals surface area contributed by atoms with E-state index in [0.717, 1.165) is 14.9 Å². The van der Waals surface area contributed by atoms with Crippen molar-refractivity contribution in [2.75, 3.05) is 12.3 Å². The van der Waals surface area contributed by atoms with Crippen LogP contribution in [-0.4, -0.2) is 18.2 Å². The summed E-state index contributed by atoms with van der Waals surface area (Å²) in [6, 6.07) is 14.1. The standard InChI is InChI=1S/C16H15BrFNOS/c17-14-3-1-2-4-15(14)21-11-16(20)19-10-9-12-5-7-13(18)8-6-12/h1-8H,9-11H2,(H,19,20). The van der Waals surface area contributed by atoms with Gasteiger partial charge < -0.3 is 5.32 Å². The Morgan fingerprint density at radius 3 is 2.57 bits per heavy atom. The summed E-state index contributed by atoms with van der Waals surface area (Å²) in [6.07, 6.45) is 0.700. The van der Waals surface area contributed by atoms with Crippen LogP contribution in [0.4, 0.5) is 4.39 Å². The molecule has 0 bridgehead atoms. The summed E-state index contributed by atoms with van der Waals surface area (Å²) in [7, 11) is 0. The molecule has 2 aromatic carbocycles. The van der Waals surface area contributed by atoms with E-state index in [1.165, 1.54) is 23.9 Å². The van der Waals surface area contributed by atoms with Gasteiger partial charge in [-0.3, -0.25) is 4.79 Å². The maximum absolute atomic E-state index is 12.8. The third-order valence-electron chi connectivity index (χ3n) is 2.84. The lowest BCUT2D eigenvalue weighted by Gasteiger charge is -2.06. The quantitative estimate of drug-likeness (QED) is 0.780. The smallest absolute Gasteiger partial charge is 0.230 e. The fourth-order valence-corrected chi connectivity index (χ4v) is 3.15. The minimum absolute atomic E-state index is 0.00198. The number of carbonyl (C=O) groups excluding carboxylic acids is 1. The van der Waals surface area contributed by atoms with Gasteiger partial charge in [0.05, 0.1) is 5.75 Å². The van der Waals surface area contributed by atoms with Crippen molar-refractivity contribution in [3.05, 3.63) is 64.4 Å². The number of hydrogen-bond donors (Lipinski definition) is 1. The summed E-state index contributed by atoms with van der Waals surface area (Å²) >= 11 is 4.95. The van der Waals surface area contributed by atoms with Gasteiger partial charge >= 0.3 is 0 Å². The van der Waals surface area contributed by atoms with E-state index in [4.69, 9.17) is 0 Å². The van der Waals surface area contributed by atoms with Crippen molar-refractivity contribution in [3.63, 3.8) is 0 Å². The van der Waals surface area contributed by atoms with Crippen LogP contribution in [0.2, 0.25) is 0 Å². The molecule has 0 saturated heterocycles. The van der Waals surface area contributed by atoms with Gasteiger partial charge in [0.25, 0.3) is 0 Å². The van der Waals surface area contributed by atoms with Crippen LogP contribution in [0.25, 0.3) is 0 Å². The zero-order valence-corrected chi connectivity index (χ0v) is 13.7. The molecule has 0 unspecified atom stereocenters. The van der Waals surface area contributed by atoms with Crippen LogP contribution in [0.3, 0.4) is 0 Å². The van der Waals surface area contributed by atoms with Crippen molar-refractivity contribution < 1.29 is 9.18 Å². The second kappa shape index (κ2) is 8.20. The lowest BCUT2D eigenvalue weighted by molar-refractivity contribution is -0.118. The zero-order valence-electron chi connectivity index (χ0n) is 11.3. The van der Waals surface area contributed by atoms with Gasteiger partial charge in [-0.25, -0.2) is 4.39 Å². The van der Waals surface area contributed by atoms with Crippen LogP contribution in [-0.2, 0) is 11.2 Å². The van der Waals surface area contributed by atoms with Crippen LogP contribution < -0.4 is 5.32 Å². The SMILES string of the molecule is O=C(CSc1ccccc1Br)NCCc1ccc(F)cc1. The van der Waals surface area contributed by atoms with Crippen molar-refractivity contribution in [3.8, 4) is 0 Å². The highest BCUT2D eigenvalue weighted by molar-refractivity contribution is 9.10. The Kier molecular flexibility index (Phi) is 6.26. The van der Waals surface area contributed by atoms with Crippen LogP contribution in [0.15, 0.2) is 57.9 Å². The van der Waals surface area contributed by atoms with Crippen LogP contribution >= 0.6 is 27.7 Å². The molecule has 0 aliphatic carbocycles. The third kappa shape index (κ3) is 5.52. The minimum Gasteiger partial charge on any atom is -0.355 e. The summed E-state index contributed by atoms with van der Waals surface area (Å²) < 4.78 is 13.7. The first kappa shape index (κ1) is 16.0. The molecule has 0 atom stereocenters. The monoisotopic (exact) mass is 367 g/mol. The summed E-state index contributed by atoms with van der Waals surface area (Å²) in [6.45, 7) is 0.557. The number of benzene rings is 2. The Hall–Kier alpha value is -1.33. The Morgan fingerprint density at radius 2 is 1.86 bits per heavy atom. The molecule has 0 aromatic heterocycles. The normalized spacial score (nSPS) is 10.4. The van der Waals surface area contributed by atoms with Gasteiger partial charge in [0, 0.05) is 15.9 Å². The number of hydrogen-bond acceptors (Lipinski definition) is 2. The van der Waals surface area contributed by atoms with Crippen LogP contribution in [0, 0.1) is 5.82 Å². The molecule has 1 N–H and O–H groups in total. The lowest BCUT2D eigenvalue weighted by atomic mass is 10.1. The maximum Gasteiger partial charge on any atom is 0.230 e. The number of rotatable bonds is 6. The van der Waals surface area contributed by atoms with Crippen LogP contribution in [0.5, 0.6) is 0 Å². The molecule has 2 rings (SSSR count). The Bertz CT molecular complexity index is 603. The number of amides is 1. The summed E-state index contributed by atoms with van der Waals surface area (Å²) in [4.78, 5) is 12.8. The number of thioether (sulfide) groups is 1. The Morgan fingerprint density at radius 1 is 1.14 bits per heavy atom. The van der Waals surface area contributed by atoms with E-state index in [1.807, 2.05) is 24.3 Å². The summed E-state index contributed by atoms with van der Waals surface area (Å²) in [5.74, 6) is 0.136. The fraction of sp³-hybridized carbons (Fsp3) is 0.188. The molecule has 5 heteroatoms. The van der Waals surface area contributed by atoms with Crippen LogP contribution in [0.1, 0.15) is 5.56 Å². The van der Waals surface area contributed by atoms with Crippen molar-refractivity contribution in [2.24, 2.45) is 0 Å². The Labute approximate surface area is 136 Å². The lowest BCUT2D eigenvalue weighted by Crippen LogP contribution is -2.27. The largest absolute Gasteiger partial charge is 0.355 e. The van der Waals surface area contributed by atoms with Crippen molar-refractivity contribution in [2.45, 2.75) is 11.3 Å². The topological polar surface area (TPSA) is 29.1 Å². The van der Waals surface area contributed by atoms with Gasteiger partial charge in [-0.05, 0) is 52.2 Å². The molecule has 2 nitrogen and oxygen atoms in total. The molecule has 0 saturated carbocycles. The number of halogens is 2. The van der Waals surface area contributed by atoms with Gasteiger partial charge in [0.15, 0.2) is 0 Å². The van der Waals surface area contributed by atoms with Gasteiger partial charge in [-0.15, -0.1) is 11.8 Å². The molecule has 0 radical (unpaired) electrons. The molecule has 0 spiro atoms. The molecular weight excluding hydrogens is 353 g/mol. The van der Waals surface area contributed by atoms with E-state index in [9.17, 15) is 9.18 Å². The van der Waals surface area contributed by atoms with Crippen molar-refractivity contribution in [1.82, 2.24) is 5.32 Å². The molecule has 21 heavy (non-hydrogen) atoms. The average Bonchev–Trinajstić information content (AvgIpc) is 2.48. The number of nitrogens with one attached hydrogen (secondary N) is 1. The third-order valence-corrected chi connectivity index (χ3v) is 4.87. The molecule has 0 aliphatic heterocycles. The highest BCUT2D eigenvalue weighted by Gasteiger charge is 2.05. The zero-order chi connectivity index (χ0) is 15.1. The molecule has 2 aromatic rings. The molecular formula is C16H15BrFNOS. The first-order chi connectivity index (χ1) is 10.1. The first-order valence-corrected chi connectivity index (χ1v) is 8.31. The summed E-state index contributed by atoms with van der Waals surface area (Å²) in [5.41, 5.74) is 1.01. The molecule has 0 fully saturated rings.